The molecule has 2 aromatic rings. The minimum Gasteiger partial charge on any atom is -0.493 e. The summed E-state index contributed by atoms with van der Waals surface area (Å²) >= 11 is 0. The summed E-state index contributed by atoms with van der Waals surface area (Å²) in [5.74, 6) is 0.929. The Labute approximate surface area is 169 Å². The van der Waals surface area contributed by atoms with Gasteiger partial charge in [-0.1, -0.05) is 18.2 Å². The van der Waals surface area contributed by atoms with Crippen LogP contribution in [0.4, 0.5) is 8.78 Å². The Kier molecular flexibility index (Phi) is 8.00. The van der Waals surface area contributed by atoms with Crippen LogP contribution in [-0.4, -0.2) is 25.7 Å². The van der Waals surface area contributed by atoms with E-state index in [0.717, 1.165) is 5.56 Å². The minimum atomic E-state index is -2.90. The molecule has 2 rings (SSSR count). The van der Waals surface area contributed by atoms with Gasteiger partial charge in [0, 0.05) is 6.08 Å². The van der Waals surface area contributed by atoms with Crippen LogP contribution in [0.15, 0.2) is 48.5 Å². The molecular formula is C22H25F2NO4. The van der Waals surface area contributed by atoms with Crippen molar-refractivity contribution in [2.45, 2.75) is 39.5 Å². The van der Waals surface area contributed by atoms with Crippen molar-refractivity contribution in [2.24, 2.45) is 0 Å². The van der Waals surface area contributed by atoms with Crippen LogP contribution in [0.5, 0.6) is 17.2 Å². The first-order chi connectivity index (χ1) is 13.8. The lowest BCUT2D eigenvalue weighted by atomic mass is 10.1. The van der Waals surface area contributed by atoms with E-state index in [-0.39, 0.29) is 23.8 Å². The topological polar surface area (TPSA) is 56.8 Å². The Balaban J connectivity index is 2.02. The van der Waals surface area contributed by atoms with Gasteiger partial charge in [0.05, 0.1) is 19.3 Å². The fourth-order valence-electron chi connectivity index (χ4n) is 2.62. The zero-order chi connectivity index (χ0) is 21.4. The molecule has 0 heterocycles. The molecule has 0 bridgehead atoms. The lowest BCUT2D eigenvalue weighted by Crippen LogP contribution is -2.24. The molecular weight excluding hydrogens is 380 g/mol. The Bertz CT molecular complexity index is 852. The van der Waals surface area contributed by atoms with Gasteiger partial charge in [0.1, 0.15) is 5.75 Å². The van der Waals surface area contributed by atoms with Gasteiger partial charge < -0.3 is 19.5 Å². The number of nitrogens with one attached hydrogen (secondary N) is 1. The fourth-order valence-corrected chi connectivity index (χ4v) is 2.62. The summed E-state index contributed by atoms with van der Waals surface area (Å²) in [6.45, 7) is 2.71. The molecule has 156 valence electrons. The number of carbonyl (C=O) groups is 1. The van der Waals surface area contributed by atoms with Crippen molar-refractivity contribution in [1.29, 1.82) is 0 Å². The molecule has 1 atom stereocenters. The summed E-state index contributed by atoms with van der Waals surface area (Å²) in [7, 11) is 1.55. The molecule has 7 heteroatoms. The van der Waals surface area contributed by atoms with Crippen molar-refractivity contribution in [2.75, 3.05) is 7.11 Å². The zero-order valence-corrected chi connectivity index (χ0v) is 16.8. The molecule has 0 aliphatic rings. The summed E-state index contributed by atoms with van der Waals surface area (Å²) in [5, 5.41) is 2.79. The number of benzene rings is 2. The van der Waals surface area contributed by atoms with Crippen LogP contribution in [0, 0.1) is 0 Å². The van der Waals surface area contributed by atoms with Crippen molar-refractivity contribution in [3.63, 3.8) is 0 Å². The molecule has 0 radical (unpaired) electrons. The highest BCUT2D eigenvalue weighted by atomic mass is 19.3. The van der Waals surface area contributed by atoms with Crippen LogP contribution in [0.25, 0.3) is 6.08 Å². The SMILES string of the molecule is COc1cc(/C=C/C(=O)NC(C)c2cccc(OC(F)F)c2)ccc1OC(C)C. The monoisotopic (exact) mass is 405 g/mol. The summed E-state index contributed by atoms with van der Waals surface area (Å²) < 4.78 is 40.1. The molecule has 29 heavy (non-hydrogen) atoms. The third kappa shape index (κ3) is 7.10. The molecule has 1 N–H and O–H groups in total. The lowest BCUT2D eigenvalue weighted by Gasteiger charge is -2.15. The van der Waals surface area contributed by atoms with Gasteiger partial charge in [-0.05, 0) is 62.2 Å². The highest BCUT2D eigenvalue weighted by Crippen LogP contribution is 2.29. The van der Waals surface area contributed by atoms with Gasteiger partial charge in [-0.25, -0.2) is 0 Å². The molecule has 0 aliphatic carbocycles. The third-order valence-electron chi connectivity index (χ3n) is 3.92. The van der Waals surface area contributed by atoms with E-state index in [2.05, 4.69) is 10.1 Å². The van der Waals surface area contributed by atoms with Crippen LogP contribution < -0.4 is 19.5 Å². The number of rotatable bonds is 9. The number of amides is 1. The molecule has 0 spiro atoms. The Hall–Kier alpha value is -3.09. The van der Waals surface area contributed by atoms with Gasteiger partial charge in [-0.2, -0.15) is 8.78 Å². The highest BCUT2D eigenvalue weighted by Gasteiger charge is 2.11. The molecule has 1 amide bonds. The second kappa shape index (κ2) is 10.5. The second-order valence-electron chi connectivity index (χ2n) is 6.59. The molecule has 0 saturated heterocycles. The van der Waals surface area contributed by atoms with Gasteiger partial charge >= 0.3 is 6.61 Å². The molecule has 0 aliphatic heterocycles. The van der Waals surface area contributed by atoms with E-state index >= 15 is 0 Å². The van der Waals surface area contributed by atoms with Gasteiger partial charge in [0.15, 0.2) is 11.5 Å². The molecule has 2 aromatic carbocycles. The second-order valence-corrected chi connectivity index (χ2v) is 6.59. The summed E-state index contributed by atoms with van der Waals surface area (Å²) in [6, 6.07) is 11.2. The van der Waals surface area contributed by atoms with Crippen LogP contribution in [-0.2, 0) is 4.79 Å². The standard InChI is InChI=1S/C22H25F2NO4/c1-14(2)28-19-10-8-16(12-20(19)27-4)9-11-21(26)25-15(3)17-6-5-7-18(13-17)29-22(23)24/h5-15,22H,1-4H3,(H,25,26)/b11-9+. The average Bonchev–Trinajstić information content (AvgIpc) is 2.66. The zero-order valence-electron chi connectivity index (χ0n) is 16.8. The average molecular weight is 405 g/mol. The predicted octanol–water partition coefficient (Wildman–Crippen LogP) is 4.97. The smallest absolute Gasteiger partial charge is 0.387 e. The van der Waals surface area contributed by atoms with Crippen molar-refractivity contribution in [1.82, 2.24) is 5.32 Å². The van der Waals surface area contributed by atoms with E-state index in [4.69, 9.17) is 9.47 Å². The van der Waals surface area contributed by atoms with E-state index in [1.165, 1.54) is 18.2 Å². The maximum Gasteiger partial charge on any atom is 0.387 e. The van der Waals surface area contributed by atoms with Gasteiger partial charge in [-0.3, -0.25) is 4.79 Å². The molecule has 1 unspecified atom stereocenters. The molecule has 0 saturated carbocycles. The number of carbonyl (C=O) groups excluding carboxylic acids is 1. The Morgan fingerprint density at radius 1 is 1.03 bits per heavy atom. The lowest BCUT2D eigenvalue weighted by molar-refractivity contribution is -0.117. The molecule has 0 aromatic heterocycles. The van der Waals surface area contributed by atoms with Gasteiger partial charge in [-0.15, -0.1) is 0 Å². The largest absolute Gasteiger partial charge is 0.493 e. The Morgan fingerprint density at radius 3 is 2.45 bits per heavy atom. The quantitative estimate of drug-likeness (QED) is 0.598. The van der Waals surface area contributed by atoms with Crippen molar-refractivity contribution in [3.05, 3.63) is 59.7 Å². The number of hydrogen-bond acceptors (Lipinski definition) is 4. The summed E-state index contributed by atoms with van der Waals surface area (Å²) in [4.78, 5) is 12.2. The van der Waals surface area contributed by atoms with Crippen LogP contribution in [0.3, 0.4) is 0 Å². The van der Waals surface area contributed by atoms with Crippen molar-refractivity contribution in [3.8, 4) is 17.2 Å². The maximum absolute atomic E-state index is 12.3. The summed E-state index contributed by atoms with van der Waals surface area (Å²) in [6.07, 6.45) is 3.07. The number of hydrogen-bond donors (Lipinski definition) is 1. The van der Waals surface area contributed by atoms with E-state index in [1.54, 1.807) is 44.4 Å². The van der Waals surface area contributed by atoms with Crippen molar-refractivity contribution >= 4 is 12.0 Å². The van der Waals surface area contributed by atoms with E-state index in [0.29, 0.717) is 17.1 Å². The van der Waals surface area contributed by atoms with E-state index < -0.39 is 6.61 Å². The number of halogens is 2. The van der Waals surface area contributed by atoms with E-state index in [1.807, 2.05) is 19.9 Å². The molecule has 0 fully saturated rings. The number of methoxy groups -OCH3 is 1. The van der Waals surface area contributed by atoms with E-state index in [9.17, 15) is 13.6 Å². The van der Waals surface area contributed by atoms with Crippen LogP contribution in [0.1, 0.15) is 37.9 Å². The highest BCUT2D eigenvalue weighted by molar-refractivity contribution is 5.92. The predicted molar refractivity (Wildman–Crippen MR) is 107 cm³/mol. The number of alkyl halides is 2. The molecule has 5 nitrogen and oxygen atoms in total. The van der Waals surface area contributed by atoms with Crippen molar-refractivity contribution < 1.29 is 27.8 Å². The van der Waals surface area contributed by atoms with Crippen LogP contribution in [0.2, 0.25) is 0 Å². The third-order valence-corrected chi connectivity index (χ3v) is 3.92. The fraction of sp³-hybridized carbons (Fsp3) is 0.318. The first kappa shape index (κ1) is 22.2. The number of ether oxygens (including phenoxy) is 3. The first-order valence-corrected chi connectivity index (χ1v) is 9.16. The normalized spacial score (nSPS) is 12.3. The first-order valence-electron chi connectivity index (χ1n) is 9.16. The maximum atomic E-state index is 12.3. The van der Waals surface area contributed by atoms with Crippen LogP contribution >= 0.6 is 0 Å². The van der Waals surface area contributed by atoms with Gasteiger partial charge in [0.25, 0.3) is 0 Å². The Morgan fingerprint density at radius 2 is 1.79 bits per heavy atom. The minimum absolute atomic E-state index is 0.0159. The summed E-state index contributed by atoms with van der Waals surface area (Å²) in [5.41, 5.74) is 1.43. The van der Waals surface area contributed by atoms with Gasteiger partial charge in [0.2, 0.25) is 5.91 Å².